The van der Waals surface area contributed by atoms with Crippen LogP contribution in [-0.4, -0.2) is 23.4 Å². The maximum absolute atomic E-state index is 10.9. The van der Waals surface area contributed by atoms with Crippen molar-refractivity contribution in [2.24, 2.45) is 0 Å². The van der Waals surface area contributed by atoms with E-state index in [0.717, 1.165) is 17.7 Å². The van der Waals surface area contributed by atoms with Gasteiger partial charge in [-0.25, -0.2) is 0 Å². The van der Waals surface area contributed by atoms with Gasteiger partial charge in [0.05, 0.1) is 13.0 Å². The topological polar surface area (TPSA) is 46.5 Å². The maximum atomic E-state index is 10.9. The number of carboxylic acids is 1. The number of benzene rings is 1. The Bertz CT molecular complexity index is 396. The molecule has 3 nitrogen and oxygen atoms in total. The Hall–Kier alpha value is -1.00. The van der Waals surface area contributed by atoms with Crippen molar-refractivity contribution in [3.63, 3.8) is 0 Å². The van der Waals surface area contributed by atoms with Crippen molar-refractivity contribution in [2.75, 3.05) is 12.4 Å². The smallest absolute Gasteiger partial charge is 0.306 e. The Kier molecular flexibility index (Phi) is 3.74. The number of carbonyl (C=O) groups is 1. The van der Waals surface area contributed by atoms with Gasteiger partial charge in [-0.2, -0.15) is 0 Å². The molecule has 1 unspecified atom stereocenters. The minimum absolute atomic E-state index is 0.0489. The molecule has 17 heavy (non-hydrogen) atoms. The second-order valence-corrected chi connectivity index (χ2v) is 5.46. The average Bonchev–Trinajstić information content (AvgIpc) is 2.25. The van der Waals surface area contributed by atoms with Gasteiger partial charge in [-0.3, -0.25) is 4.79 Å². The highest BCUT2D eigenvalue weighted by molar-refractivity contribution is 7.99. The summed E-state index contributed by atoms with van der Waals surface area (Å²) in [6, 6.07) is 8.05. The lowest BCUT2D eigenvalue weighted by atomic mass is 9.83. The molecule has 1 N–H and O–H groups in total. The van der Waals surface area contributed by atoms with Crippen molar-refractivity contribution in [2.45, 2.75) is 30.3 Å². The predicted molar refractivity (Wildman–Crippen MR) is 67.3 cm³/mol. The molecule has 0 bridgehead atoms. The van der Waals surface area contributed by atoms with Crippen LogP contribution in [-0.2, 0) is 15.1 Å². The summed E-state index contributed by atoms with van der Waals surface area (Å²) in [6.45, 7) is 2.76. The van der Waals surface area contributed by atoms with E-state index in [1.807, 2.05) is 24.3 Å². The molecule has 1 aromatic carbocycles. The second-order valence-electron chi connectivity index (χ2n) is 4.12. The molecule has 0 aliphatic carbocycles. The number of thioether (sulfide) groups is 1. The molecular weight excluding hydrogens is 236 g/mol. The van der Waals surface area contributed by atoms with Crippen LogP contribution in [0.25, 0.3) is 0 Å². The van der Waals surface area contributed by atoms with Gasteiger partial charge in [-0.15, -0.1) is 11.8 Å². The number of rotatable bonds is 5. The summed E-state index contributed by atoms with van der Waals surface area (Å²) in [4.78, 5) is 12.1. The Morgan fingerprint density at radius 1 is 1.47 bits per heavy atom. The van der Waals surface area contributed by atoms with Crippen LogP contribution in [0.5, 0.6) is 0 Å². The molecule has 1 heterocycles. The highest BCUT2D eigenvalue weighted by Crippen LogP contribution is 2.41. The van der Waals surface area contributed by atoms with Crippen LogP contribution in [0.3, 0.4) is 0 Å². The number of carboxylic acid groups (broad SMARTS) is 1. The van der Waals surface area contributed by atoms with E-state index in [2.05, 4.69) is 6.92 Å². The van der Waals surface area contributed by atoms with E-state index in [-0.39, 0.29) is 6.42 Å². The van der Waals surface area contributed by atoms with Crippen molar-refractivity contribution >= 4 is 17.7 Å². The molecule has 92 valence electrons. The van der Waals surface area contributed by atoms with Crippen molar-refractivity contribution in [1.82, 2.24) is 0 Å². The zero-order valence-electron chi connectivity index (χ0n) is 9.81. The molecule has 1 atom stereocenters. The van der Waals surface area contributed by atoms with E-state index in [1.165, 1.54) is 4.90 Å². The molecule has 0 amide bonds. The number of aliphatic carboxylic acids is 1. The first-order valence-electron chi connectivity index (χ1n) is 5.75. The summed E-state index contributed by atoms with van der Waals surface area (Å²) in [7, 11) is 0. The Balaban J connectivity index is 2.17. The highest BCUT2D eigenvalue weighted by Gasteiger charge is 2.42. The lowest BCUT2D eigenvalue weighted by Crippen LogP contribution is -2.42. The molecule has 0 saturated carbocycles. The van der Waals surface area contributed by atoms with Gasteiger partial charge in [-0.05, 0) is 23.4 Å². The van der Waals surface area contributed by atoms with Crippen LogP contribution < -0.4 is 0 Å². The molecule has 0 aromatic heterocycles. The molecule has 1 aliphatic rings. The van der Waals surface area contributed by atoms with Gasteiger partial charge < -0.3 is 9.84 Å². The number of ether oxygens (including phenoxy) is 1. The molecule has 0 spiro atoms. The Labute approximate surface area is 105 Å². The van der Waals surface area contributed by atoms with Gasteiger partial charge in [0.15, 0.2) is 0 Å². The lowest BCUT2D eigenvalue weighted by molar-refractivity contribution is -0.176. The van der Waals surface area contributed by atoms with E-state index < -0.39 is 11.6 Å². The fourth-order valence-electron chi connectivity index (χ4n) is 2.08. The van der Waals surface area contributed by atoms with Gasteiger partial charge >= 0.3 is 5.97 Å². The van der Waals surface area contributed by atoms with E-state index in [0.29, 0.717) is 6.61 Å². The summed E-state index contributed by atoms with van der Waals surface area (Å²) in [5, 5.41) is 8.93. The zero-order valence-corrected chi connectivity index (χ0v) is 10.6. The molecule has 0 radical (unpaired) electrons. The van der Waals surface area contributed by atoms with E-state index >= 15 is 0 Å². The SMILES string of the molecule is CCSc1ccc(C2(CC(=O)O)CCO2)cc1. The molecule has 4 heteroatoms. The summed E-state index contributed by atoms with van der Waals surface area (Å²) in [6.07, 6.45) is 0.840. The largest absolute Gasteiger partial charge is 0.481 e. The first kappa shape index (κ1) is 12.5. The van der Waals surface area contributed by atoms with Crippen molar-refractivity contribution in [1.29, 1.82) is 0 Å². The van der Waals surface area contributed by atoms with E-state index in [1.54, 1.807) is 11.8 Å². The van der Waals surface area contributed by atoms with Gasteiger partial charge in [0.25, 0.3) is 0 Å². The molecule has 1 aliphatic heterocycles. The molecular formula is C13H16O3S. The van der Waals surface area contributed by atoms with Crippen LogP contribution in [0.1, 0.15) is 25.3 Å². The van der Waals surface area contributed by atoms with Crippen LogP contribution in [0.15, 0.2) is 29.2 Å². The Morgan fingerprint density at radius 3 is 2.53 bits per heavy atom. The molecule has 1 aromatic rings. The average molecular weight is 252 g/mol. The first-order valence-corrected chi connectivity index (χ1v) is 6.74. The van der Waals surface area contributed by atoms with Crippen molar-refractivity contribution in [3.8, 4) is 0 Å². The summed E-state index contributed by atoms with van der Waals surface area (Å²) in [5.74, 6) is 0.229. The monoisotopic (exact) mass is 252 g/mol. The quantitative estimate of drug-likeness (QED) is 0.818. The minimum atomic E-state index is -0.809. The zero-order chi connectivity index (χ0) is 12.3. The van der Waals surface area contributed by atoms with Gasteiger partial charge in [-0.1, -0.05) is 19.1 Å². The van der Waals surface area contributed by atoms with Crippen molar-refractivity contribution < 1.29 is 14.6 Å². The fraction of sp³-hybridized carbons (Fsp3) is 0.462. The van der Waals surface area contributed by atoms with Crippen LogP contribution >= 0.6 is 11.8 Å². The second kappa shape index (κ2) is 5.10. The summed E-state index contributed by atoms with van der Waals surface area (Å²) in [5.41, 5.74) is 0.396. The Morgan fingerprint density at radius 2 is 2.12 bits per heavy atom. The predicted octanol–water partition coefficient (Wildman–Crippen LogP) is 2.89. The molecule has 1 saturated heterocycles. The molecule has 2 rings (SSSR count). The normalized spacial score (nSPS) is 23.1. The third kappa shape index (κ3) is 2.64. The van der Waals surface area contributed by atoms with Crippen molar-refractivity contribution in [3.05, 3.63) is 29.8 Å². The standard InChI is InChI=1S/C13H16O3S/c1-2-17-11-5-3-10(4-6-11)13(7-8-16-13)9-12(14)15/h3-6H,2,7-9H2,1H3,(H,14,15). The van der Waals surface area contributed by atoms with Gasteiger partial charge in [0.1, 0.15) is 5.60 Å². The third-order valence-electron chi connectivity index (χ3n) is 3.01. The fourth-order valence-corrected chi connectivity index (χ4v) is 2.75. The van der Waals surface area contributed by atoms with Crippen LogP contribution in [0.4, 0.5) is 0 Å². The van der Waals surface area contributed by atoms with Gasteiger partial charge in [0, 0.05) is 11.3 Å². The highest BCUT2D eigenvalue weighted by atomic mass is 32.2. The minimum Gasteiger partial charge on any atom is -0.481 e. The number of hydrogen-bond donors (Lipinski definition) is 1. The first-order chi connectivity index (χ1) is 8.16. The summed E-state index contributed by atoms with van der Waals surface area (Å²) < 4.78 is 5.53. The molecule has 1 fully saturated rings. The third-order valence-corrected chi connectivity index (χ3v) is 3.91. The van der Waals surface area contributed by atoms with Crippen LogP contribution in [0.2, 0.25) is 0 Å². The lowest BCUT2D eigenvalue weighted by Gasteiger charge is -2.41. The maximum Gasteiger partial charge on any atom is 0.306 e. The van der Waals surface area contributed by atoms with Crippen LogP contribution in [0, 0.1) is 0 Å². The summed E-state index contributed by atoms with van der Waals surface area (Å²) >= 11 is 1.78. The van der Waals surface area contributed by atoms with Gasteiger partial charge in [0.2, 0.25) is 0 Å². The van der Waals surface area contributed by atoms with E-state index in [9.17, 15) is 4.79 Å². The number of hydrogen-bond acceptors (Lipinski definition) is 3. The van der Waals surface area contributed by atoms with E-state index in [4.69, 9.17) is 9.84 Å².